The Hall–Kier alpha value is -3.60. The molecule has 0 heterocycles. The van der Waals surface area contributed by atoms with Crippen molar-refractivity contribution < 1.29 is 19.6 Å². The third kappa shape index (κ3) is 3.59. The summed E-state index contributed by atoms with van der Waals surface area (Å²) in [5.74, 6) is -1.15. The van der Waals surface area contributed by atoms with Gasteiger partial charge in [-0.1, -0.05) is 6.07 Å². The number of nitro groups is 1. The fraction of sp³-hybridized carbons (Fsp3) is 0.125. The summed E-state index contributed by atoms with van der Waals surface area (Å²) in [5.41, 5.74) is 0.801. The molecule has 2 N–H and O–H groups in total. The number of benzene rings is 2. The molecule has 0 aliphatic rings. The molecule has 0 fully saturated rings. The standard InChI is InChI=1S/C16H13N3O5/c1-24-14-7-4-11(8-13(14)19(22)23)15(16(20)21)18-12-5-2-10(9-17)3-6-12/h2-8,15,18H,1H3,(H,20,21). The minimum atomic E-state index is -1.20. The molecule has 2 aromatic carbocycles. The fourth-order valence-electron chi connectivity index (χ4n) is 2.12. The van der Waals surface area contributed by atoms with Crippen LogP contribution >= 0.6 is 0 Å². The summed E-state index contributed by atoms with van der Waals surface area (Å²) in [4.78, 5) is 22.0. The van der Waals surface area contributed by atoms with E-state index in [1.54, 1.807) is 12.1 Å². The summed E-state index contributed by atoms with van der Waals surface area (Å²) < 4.78 is 4.91. The van der Waals surface area contributed by atoms with Gasteiger partial charge in [-0.2, -0.15) is 5.26 Å². The van der Waals surface area contributed by atoms with E-state index < -0.39 is 16.9 Å². The first kappa shape index (κ1) is 16.8. The number of nitriles is 1. The second kappa shape index (κ2) is 7.11. The van der Waals surface area contributed by atoms with Crippen molar-refractivity contribution in [2.75, 3.05) is 12.4 Å². The van der Waals surface area contributed by atoms with Crippen LogP contribution in [0.15, 0.2) is 42.5 Å². The van der Waals surface area contributed by atoms with Crippen molar-refractivity contribution in [1.29, 1.82) is 5.26 Å². The molecule has 0 aliphatic carbocycles. The molecule has 1 unspecified atom stereocenters. The van der Waals surface area contributed by atoms with Crippen LogP contribution in [0, 0.1) is 21.4 Å². The summed E-state index contributed by atoms with van der Waals surface area (Å²) in [6, 6.07) is 10.9. The first-order valence-electron chi connectivity index (χ1n) is 6.78. The maximum atomic E-state index is 11.5. The minimum absolute atomic E-state index is 0.0475. The molecule has 0 amide bonds. The Bertz CT molecular complexity index is 811. The topological polar surface area (TPSA) is 125 Å². The summed E-state index contributed by atoms with van der Waals surface area (Å²) in [7, 11) is 1.30. The van der Waals surface area contributed by atoms with Crippen LogP contribution in [0.5, 0.6) is 5.75 Å². The van der Waals surface area contributed by atoms with Crippen LogP contribution in [0.1, 0.15) is 17.2 Å². The highest BCUT2D eigenvalue weighted by Gasteiger charge is 2.24. The van der Waals surface area contributed by atoms with Crippen LogP contribution in [0.4, 0.5) is 11.4 Å². The molecule has 8 heteroatoms. The van der Waals surface area contributed by atoms with Crippen LogP contribution in [-0.2, 0) is 4.79 Å². The molecule has 0 spiro atoms. The molecule has 24 heavy (non-hydrogen) atoms. The molecule has 0 radical (unpaired) electrons. The molecule has 0 aliphatic heterocycles. The van der Waals surface area contributed by atoms with E-state index in [2.05, 4.69) is 5.32 Å². The first-order valence-corrected chi connectivity index (χ1v) is 6.78. The number of methoxy groups -OCH3 is 1. The summed E-state index contributed by atoms with van der Waals surface area (Å²) >= 11 is 0. The van der Waals surface area contributed by atoms with Crippen molar-refractivity contribution >= 4 is 17.3 Å². The molecular formula is C16H13N3O5. The van der Waals surface area contributed by atoms with Crippen LogP contribution in [0.3, 0.4) is 0 Å². The fourth-order valence-corrected chi connectivity index (χ4v) is 2.12. The van der Waals surface area contributed by atoms with Gasteiger partial charge in [0.05, 0.1) is 23.7 Å². The van der Waals surface area contributed by atoms with Gasteiger partial charge in [0.15, 0.2) is 11.8 Å². The predicted octanol–water partition coefficient (Wildman–Crippen LogP) is 2.71. The van der Waals surface area contributed by atoms with Gasteiger partial charge in [0, 0.05) is 11.8 Å². The van der Waals surface area contributed by atoms with E-state index in [0.29, 0.717) is 11.3 Å². The molecule has 8 nitrogen and oxygen atoms in total. The van der Waals surface area contributed by atoms with Gasteiger partial charge in [-0.25, -0.2) is 4.79 Å². The molecule has 1 atom stereocenters. The Morgan fingerprint density at radius 3 is 2.50 bits per heavy atom. The Morgan fingerprint density at radius 1 is 1.33 bits per heavy atom. The van der Waals surface area contributed by atoms with Crippen molar-refractivity contribution in [1.82, 2.24) is 0 Å². The predicted molar refractivity (Wildman–Crippen MR) is 84.8 cm³/mol. The number of ether oxygens (including phenoxy) is 1. The molecule has 0 saturated heterocycles. The van der Waals surface area contributed by atoms with Gasteiger partial charge in [-0.15, -0.1) is 0 Å². The van der Waals surface area contributed by atoms with E-state index in [9.17, 15) is 20.0 Å². The van der Waals surface area contributed by atoms with Gasteiger partial charge in [0.1, 0.15) is 0 Å². The van der Waals surface area contributed by atoms with E-state index in [1.165, 1.54) is 31.4 Å². The van der Waals surface area contributed by atoms with E-state index >= 15 is 0 Å². The SMILES string of the molecule is COc1ccc(C(Nc2ccc(C#N)cc2)C(=O)O)cc1[N+](=O)[O-]. The normalized spacial score (nSPS) is 11.2. The average molecular weight is 327 g/mol. The van der Waals surface area contributed by atoms with Crippen LogP contribution in [0.2, 0.25) is 0 Å². The molecule has 2 rings (SSSR count). The molecule has 122 valence electrons. The highest BCUT2D eigenvalue weighted by atomic mass is 16.6. The van der Waals surface area contributed by atoms with Crippen molar-refractivity contribution in [2.45, 2.75) is 6.04 Å². The molecule has 0 aromatic heterocycles. The number of aliphatic carboxylic acids is 1. The van der Waals surface area contributed by atoms with E-state index in [4.69, 9.17) is 10.00 Å². The zero-order valence-corrected chi connectivity index (χ0v) is 12.6. The van der Waals surface area contributed by atoms with Gasteiger partial charge in [-0.3, -0.25) is 10.1 Å². The minimum Gasteiger partial charge on any atom is -0.490 e. The number of hydrogen-bond donors (Lipinski definition) is 2. The number of nitrogens with zero attached hydrogens (tertiary/aromatic N) is 2. The van der Waals surface area contributed by atoms with Gasteiger partial charge in [-0.05, 0) is 35.9 Å². The Morgan fingerprint density at radius 2 is 2.00 bits per heavy atom. The van der Waals surface area contributed by atoms with Crippen molar-refractivity contribution in [3.63, 3.8) is 0 Å². The number of carboxylic acids is 1. The molecule has 0 saturated carbocycles. The number of carbonyl (C=O) groups is 1. The lowest BCUT2D eigenvalue weighted by Gasteiger charge is -2.16. The maximum Gasteiger partial charge on any atom is 0.330 e. The van der Waals surface area contributed by atoms with Crippen molar-refractivity contribution in [3.8, 4) is 11.8 Å². The van der Waals surface area contributed by atoms with E-state index in [0.717, 1.165) is 6.07 Å². The lowest BCUT2D eigenvalue weighted by molar-refractivity contribution is -0.385. The van der Waals surface area contributed by atoms with Crippen LogP contribution in [0.25, 0.3) is 0 Å². The lowest BCUT2D eigenvalue weighted by Crippen LogP contribution is -2.20. The van der Waals surface area contributed by atoms with Gasteiger partial charge in [0.25, 0.3) is 0 Å². The number of anilines is 1. The maximum absolute atomic E-state index is 11.5. The zero-order valence-electron chi connectivity index (χ0n) is 12.6. The Balaban J connectivity index is 2.37. The molecule has 2 aromatic rings. The second-order valence-corrected chi connectivity index (χ2v) is 4.79. The lowest BCUT2D eigenvalue weighted by atomic mass is 10.0. The number of nitrogens with one attached hydrogen (secondary N) is 1. The monoisotopic (exact) mass is 327 g/mol. The largest absolute Gasteiger partial charge is 0.490 e. The quantitative estimate of drug-likeness (QED) is 0.617. The zero-order chi connectivity index (χ0) is 17.7. The van der Waals surface area contributed by atoms with Gasteiger partial charge in [0.2, 0.25) is 0 Å². The summed E-state index contributed by atoms with van der Waals surface area (Å²) in [6.07, 6.45) is 0. The highest BCUT2D eigenvalue weighted by Crippen LogP contribution is 2.31. The number of nitro benzene ring substituents is 1. The third-order valence-corrected chi connectivity index (χ3v) is 3.30. The number of hydrogen-bond acceptors (Lipinski definition) is 6. The number of carboxylic acid groups (broad SMARTS) is 1. The first-order chi connectivity index (χ1) is 11.5. The van der Waals surface area contributed by atoms with Crippen LogP contribution < -0.4 is 10.1 Å². The molecule has 0 bridgehead atoms. The van der Waals surface area contributed by atoms with E-state index in [1.807, 2.05) is 6.07 Å². The van der Waals surface area contributed by atoms with Gasteiger partial charge < -0.3 is 15.2 Å². The Kier molecular flexibility index (Phi) is 4.96. The van der Waals surface area contributed by atoms with Crippen molar-refractivity contribution in [2.24, 2.45) is 0 Å². The van der Waals surface area contributed by atoms with Crippen LogP contribution in [-0.4, -0.2) is 23.1 Å². The van der Waals surface area contributed by atoms with Crippen molar-refractivity contribution in [3.05, 3.63) is 63.7 Å². The number of rotatable bonds is 6. The summed E-state index contributed by atoms with van der Waals surface area (Å²) in [6.45, 7) is 0. The molecular weight excluding hydrogens is 314 g/mol. The van der Waals surface area contributed by atoms with Gasteiger partial charge >= 0.3 is 11.7 Å². The average Bonchev–Trinajstić information content (AvgIpc) is 2.59. The third-order valence-electron chi connectivity index (χ3n) is 3.30. The van der Waals surface area contributed by atoms with E-state index in [-0.39, 0.29) is 17.0 Å². The smallest absolute Gasteiger partial charge is 0.330 e. The highest BCUT2D eigenvalue weighted by molar-refractivity contribution is 5.80. The second-order valence-electron chi connectivity index (χ2n) is 4.79. The summed E-state index contributed by atoms with van der Waals surface area (Å²) in [5, 5.41) is 32.1. The Labute approximate surface area is 137 Å².